The number of hydrogen-bond donors (Lipinski definition) is 1. The zero-order valence-corrected chi connectivity index (χ0v) is 13.1. The lowest BCUT2D eigenvalue weighted by molar-refractivity contribution is -0.384. The fourth-order valence-electron chi connectivity index (χ4n) is 2.08. The first-order valence-corrected chi connectivity index (χ1v) is 7.44. The molecule has 1 aromatic heterocycles. The molecule has 1 N–H and O–H groups in total. The SMILES string of the molecule is O=[N+]([O-])c1cccnc1N/N=C\c1cccc(Oc2ccccc2)c1. The molecule has 0 aliphatic rings. The zero-order valence-electron chi connectivity index (χ0n) is 13.1. The van der Waals surface area contributed by atoms with Gasteiger partial charge in [0.15, 0.2) is 0 Å². The van der Waals surface area contributed by atoms with Gasteiger partial charge in [-0.1, -0.05) is 30.3 Å². The Morgan fingerprint density at radius 3 is 2.64 bits per heavy atom. The number of nitrogens with zero attached hydrogens (tertiary/aromatic N) is 3. The van der Waals surface area contributed by atoms with Crippen molar-refractivity contribution in [1.82, 2.24) is 4.98 Å². The predicted molar refractivity (Wildman–Crippen MR) is 95.1 cm³/mol. The fraction of sp³-hybridized carbons (Fsp3) is 0. The van der Waals surface area contributed by atoms with Gasteiger partial charge in [-0.3, -0.25) is 15.5 Å². The average Bonchev–Trinajstić information content (AvgIpc) is 2.63. The molecule has 0 amide bonds. The van der Waals surface area contributed by atoms with Crippen LogP contribution in [0.4, 0.5) is 11.5 Å². The summed E-state index contributed by atoms with van der Waals surface area (Å²) in [5.74, 6) is 1.48. The summed E-state index contributed by atoms with van der Waals surface area (Å²) in [5.41, 5.74) is 3.23. The maximum Gasteiger partial charge on any atom is 0.313 e. The van der Waals surface area contributed by atoms with E-state index in [1.807, 2.05) is 54.6 Å². The van der Waals surface area contributed by atoms with E-state index in [0.29, 0.717) is 5.75 Å². The van der Waals surface area contributed by atoms with Crippen molar-refractivity contribution in [3.05, 3.63) is 88.6 Å². The summed E-state index contributed by atoms with van der Waals surface area (Å²) in [5, 5.41) is 14.9. The van der Waals surface area contributed by atoms with Gasteiger partial charge in [0.05, 0.1) is 11.1 Å². The Morgan fingerprint density at radius 2 is 1.84 bits per heavy atom. The highest BCUT2D eigenvalue weighted by Gasteiger charge is 2.12. The van der Waals surface area contributed by atoms with Crippen LogP contribution in [0.5, 0.6) is 11.5 Å². The molecular weight excluding hydrogens is 320 g/mol. The smallest absolute Gasteiger partial charge is 0.313 e. The Labute approximate surface area is 143 Å². The summed E-state index contributed by atoms with van der Waals surface area (Å²) < 4.78 is 5.75. The Kier molecular flexibility index (Phi) is 4.96. The molecular formula is C18H14N4O3. The number of para-hydroxylation sites is 1. The monoisotopic (exact) mass is 334 g/mol. The van der Waals surface area contributed by atoms with Crippen LogP contribution in [0.3, 0.4) is 0 Å². The van der Waals surface area contributed by atoms with E-state index in [2.05, 4.69) is 15.5 Å². The number of nitrogens with one attached hydrogen (secondary N) is 1. The maximum atomic E-state index is 10.9. The zero-order chi connectivity index (χ0) is 17.5. The number of ether oxygens (including phenoxy) is 1. The van der Waals surface area contributed by atoms with E-state index in [4.69, 9.17) is 4.74 Å². The maximum absolute atomic E-state index is 10.9. The Bertz CT molecular complexity index is 898. The molecule has 0 fully saturated rings. The van der Waals surface area contributed by atoms with Crippen molar-refractivity contribution in [3.63, 3.8) is 0 Å². The lowest BCUT2D eigenvalue weighted by Crippen LogP contribution is -1.99. The van der Waals surface area contributed by atoms with E-state index in [-0.39, 0.29) is 11.5 Å². The predicted octanol–water partition coefficient (Wildman–Crippen LogP) is 4.23. The van der Waals surface area contributed by atoms with Crippen LogP contribution in [0.2, 0.25) is 0 Å². The highest BCUT2D eigenvalue weighted by Crippen LogP contribution is 2.22. The second kappa shape index (κ2) is 7.69. The third-order valence-electron chi connectivity index (χ3n) is 3.20. The third-order valence-corrected chi connectivity index (χ3v) is 3.20. The third kappa shape index (κ3) is 4.38. The molecule has 0 aliphatic heterocycles. The van der Waals surface area contributed by atoms with Crippen LogP contribution in [-0.4, -0.2) is 16.1 Å². The van der Waals surface area contributed by atoms with Crippen molar-refractivity contribution in [3.8, 4) is 11.5 Å². The van der Waals surface area contributed by atoms with Crippen LogP contribution >= 0.6 is 0 Å². The van der Waals surface area contributed by atoms with E-state index < -0.39 is 4.92 Å². The molecule has 7 heteroatoms. The molecule has 0 saturated carbocycles. The van der Waals surface area contributed by atoms with Gasteiger partial charge in [0.1, 0.15) is 11.5 Å². The number of pyridine rings is 1. The quantitative estimate of drug-likeness (QED) is 0.414. The number of benzene rings is 2. The van der Waals surface area contributed by atoms with Crippen LogP contribution in [0.15, 0.2) is 78.0 Å². The second-order valence-corrected chi connectivity index (χ2v) is 4.99. The topological polar surface area (TPSA) is 89.7 Å². The molecule has 0 bridgehead atoms. The molecule has 2 aromatic carbocycles. The van der Waals surface area contributed by atoms with E-state index in [1.54, 1.807) is 0 Å². The first-order chi connectivity index (χ1) is 12.2. The van der Waals surface area contributed by atoms with E-state index >= 15 is 0 Å². The number of hydrazone groups is 1. The van der Waals surface area contributed by atoms with Crippen molar-refractivity contribution in [2.24, 2.45) is 5.10 Å². The van der Waals surface area contributed by atoms with Gasteiger partial charge in [-0.15, -0.1) is 0 Å². The number of nitro groups is 1. The molecule has 1 heterocycles. The summed E-state index contributed by atoms with van der Waals surface area (Å²) in [6.45, 7) is 0. The molecule has 0 atom stereocenters. The van der Waals surface area contributed by atoms with E-state index in [0.717, 1.165) is 11.3 Å². The lowest BCUT2D eigenvalue weighted by atomic mass is 10.2. The minimum Gasteiger partial charge on any atom is -0.457 e. The molecule has 124 valence electrons. The summed E-state index contributed by atoms with van der Waals surface area (Å²) >= 11 is 0. The van der Waals surface area contributed by atoms with E-state index in [9.17, 15) is 10.1 Å². The average molecular weight is 334 g/mol. The summed E-state index contributed by atoms with van der Waals surface area (Å²) in [6.07, 6.45) is 3.00. The minimum atomic E-state index is -0.515. The van der Waals surface area contributed by atoms with Crippen molar-refractivity contribution < 1.29 is 9.66 Å². The van der Waals surface area contributed by atoms with Crippen molar-refractivity contribution in [2.75, 3.05) is 5.43 Å². The Morgan fingerprint density at radius 1 is 1.04 bits per heavy atom. The lowest BCUT2D eigenvalue weighted by Gasteiger charge is -2.05. The summed E-state index contributed by atoms with van der Waals surface area (Å²) in [7, 11) is 0. The molecule has 7 nitrogen and oxygen atoms in total. The van der Waals surface area contributed by atoms with Gasteiger partial charge in [0, 0.05) is 12.3 Å². The number of aromatic nitrogens is 1. The van der Waals surface area contributed by atoms with Gasteiger partial charge in [0.2, 0.25) is 5.82 Å². The first-order valence-electron chi connectivity index (χ1n) is 7.44. The van der Waals surface area contributed by atoms with Crippen LogP contribution in [0.1, 0.15) is 5.56 Å². The van der Waals surface area contributed by atoms with Gasteiger partial charge in [-0.2, -0.15) is 5.10 Å². The highest BCUT2D eigenvalue weighted by atomic mass is 16.6. The molecule has 25 heavy (non-hydrogen) atoms. The second-order valence-electron chi connectivity index (χ2n) is 4.99. The van der Waals surface area contributed by atoms with Crippen LogP contribution in [0.25, 0.3) is 0 Å². The summed E-state index contributed by atoms with van der Waals surface area (Å²) in [6, 6.07) is 19.6. The molecule has 0 aliphatic carbocycles. The Hall–Kier alpha value is -3.74. The largest absolute Gasteiger partial charge is 0.457 e. The van der Waals surface area contributed by atoms with Crippen molar-refractivity contribution in [1.29, 1.82) is 0 Å². The Balaban J connectivity index is 1.70. The summed E-state index contributed by atoms with van der Waals surface area (Å²) in [4.78, 5) is 14.3. The van der Waals surface area contributed by atoms with Gasteiger partial charge >= 0.3 is 5.69 Å². The molecule has 0 saturated heterocycles. The minimum absolute atomic E-state index is 0.0837. The highest BCUT2D eigenvalue weighted by molar-refractivity contribution is 5.81. The molecule has 0 spiro atoms. The molecule has 3 rings (SSSR count). The number of anilines is 1. The van der Waals surface area contributed by atoms with Crippen LogP contribution < -0.4 is 10.2 Å². The van der Waals surface area contributed by atoms with Gasteiger partial charge < -0.3 is 4.74 Å². The standard InChI is InChI=1S/C18H14N4O3/c23-22(24)17-10-5-11-19-18(17)21-20-13-14-6-4-9-16(12-14)25-15-7-2-1-3-8-15/h1-13H,(H,19,21)/b20-13-. The van der Waals surface area contributed by atoms with Crippen LogP contribution in [-0.2, 0) is 0 Å². The van der Waals surface area contributed by atoms with Crippen LogP contribution in [0, 0.1) is 10.1 Å². The van der Waals surface area contributed by atoms with Gasteiger partial charge in [0.25, 0.3) is 0 Å². The van der Waals surface area contributed by atoms with E-state index in [1.165, 1.54) is 24.5 Å². The van der Waals surface area contributed by atoms with Crippen molar-refractivity contribution >= 4 is 17.7 Å². The first kappa shape index (κ1) is 16.1. The van der Waals surface area contributed by atoms with Gasteiger partial charge in [-0.25, -0.2) is 4.98 Å². The molecule has 0 radical (unpaired) electrons. The van der Waals surface area contributed by atoms with Crippen molar-refractivity contribution in [2.45, 2.75) is 0 Å². The number of hydrogen-bond acceptors (Lipinski definition) is 6. The van der Waals surface area contributed by atoms with Gasteiger partial charge in [-0.05, 0) is 35.9 Å². The number of rotatable bonds is 6. The fourth-order valence-corrected chi connectivity index (χ4v) is 2.08. The normalized spacial score (nSPS) is 10.6. The molecule has 3 aromatic rings. The molecule has 0 unspecified atom stereocenters.